The van der Waals surface area contributed by atoms with Gasteiger partial charge in [-0.05, 0) is 37.5 Å². The van der Waals surface area contributed by atoms with E-state index in [0.717, 1.165) is 18.4 Å². The molecule has 0 heterocycles. The Morgan fingerprint density at radius 1 is 1.53 bits per heavy atom. The second kappa shape index (κ2) is 3.93. The molecule has 3 nitrogen and oxygen atoms in total. The lowest BCUT2D eigenvalue weighted by Crippen LogP contribution is -2.25. The van der Waals surface area contributed by atoms with Crippen LogP contribution in [0.1, 0.15) is 28.8 Å². The Bertz CT molecular complexity index is 383. The molecule has 1 aliphatic carbocycles. The number of carbonyl (C=O) groups is 1. The molecule has 1 aromatic carbocycles. The van der Waals surface area contributed by atoms with Crippen LogP contribution in [0.3, 0.4) is 0 Å². The number of ether oxygens (including phenoxy) is 1. The minimum atomic E-state index is -0.0696. The van der Waals surface area contributed by atoms with E-state index in [1.165, 1.54) is 0 Å². The Morgan fingerprint density at radius 3 is 2.87 bits per heavy atom. The predicted molar refractivity (Wildman–Crippen MR) is 57.9 cm³/mol. The summed E-state index contributed by atoms with van der Waals surface area (Å²) in [4.78, 5) is 11.8. The lowest BCUT2D eigenvalue weighted by atomic mass is 10.1. The van der Waals surface area contributed by atoms with Crippen molar-refractivity contribution in [3.63, 3.8) is 0 Å². The molecule has 2 rings (SSSR count). The van der Waals surface area contributed by atoms with E-state index in [0.29, 0.717) is 17.4 Å². The van der Waals surface area contributed by atoms with Crippen LogP contribution in [0.15, 0.2) is 18.2 Å². The molecule has 0 saturated heterocycles. The van der Waals surface area contributed by atoms with Crippen LogP contribution in [-0.2, 0) is 0 Å². The number of amides is 1. The molecule has 1 saturated carbocycles. The number of carbonyl (C=O) groups excluding carboxylic acids is 1. The monoisotopic (exact) mass is 204 g/mol. The Labute approximate surface area is 89.4 Å². The van der Waals surface area contributed by atoms with E-state index in [1.807, 2.05) is 6.07 Å². The minimum Gasteiger partial charge on any atom is -0.496 e. The zero-order valence-electron chi connectivity index (χ0n) is 8.75. The van der Waals surface area contributed by atoms with Crippen LogP contribution in [0, 0.1) is 6.92 Å². The molecule has 0 aromatic heterocycles. The topological polar surface area (TPSA) is 38.3 Å². The Hall–Kier alpha value is -1.51. The number of hydrogen-bond acceptors (Lipinski definition) is 2. The first kappa shape index (κ1) is 10.0. The van der Waals surface area contributed by atoms with Gasteiger partial charge in [0.2, 0.25) is 0 Å². The third kappa shape index (κ3) is 2.29. The molecular formula is C12H14NO2. The van der Waals surface area contributed by atoms with E-state index in [2.05, 4.69) is 12.2 Å². The Morgan fingerprint density at radius 2 is 2.27 bits per heavy atom. The van der Waals surface area contributed by atoms with Crippen molar-refractivity contribution in [2.45, 2.75) is 18.9 Å². The first-order chi connectivity index (χ1) is 7.20. The first-order valence-electron chi connectivity index (χ1n) is 5.01. The van der Waals surface area contributed by atoms with Crippen molar-refractivity contribution < 1.29 is 9.53 Å². The van der Waals surface area contributed by atoms with Crippen molar-refractivity contribution in [1.82, 2.24) is 5.32 Å². The normalized spacial score (nSPS) is 14.8. The van der Waals surface area contributed by atoms with Gasteiger partial charge in [0, 0.05) is 6.04 Å². The highest BCUT2D eigenvalue weighted by Gasteiger charge is 2.25. The third-order valence-electron chi connectivity index (χ3n) is 2.42. The number of benzene rings is 1. The molecule has 0 bridgehead atoms. The van der Waals surface area contributed by atoms with Gasteiger partial charge < -0.3 is 10.1 Å². The van der Waals surface area contributed by atoms with Crippen molar-refractivity contribution in [3.05, 3.63) is 36.2 Å². The van der Waals surface area contributed by atoms with Gasteiger partial charge in [-0.15, -0.1) is 0 Å². The molecule has 0 atom stereocenters. The van der Waals surface area contributed by atoms with Gasteiger partial charge in [-0.25, -0.2) is 0 Å². The van der Waals surface area contributed by atoms with Crippen molar-refractivity contribution in [1.29, 1.82) is 0 Å². The molecule has 1 amide bonds. The number of rotatable bonds is 3. The van der Waals surface area contributed by atoms with Gasteiger partial charge >= 0.3 is 0 Å². The zero-order chi connectivity index (χ0) is 10.8. The largest absolute Gasteiger partial charge is 0.496 e. The lowest BCUT2D eigenvalue weighted by Gasteiger charge is -2.09. The van der Waals surface area contributed by atoms with Crippen LogP contribution in [0.5, 0.6) is 5.75 Å². The fourth-order valence-corrected chi connectivity index (χ4v) is 1.42. The molecule has 1 aliphatic rings. The maximum Gasteiger partial charge on any atom is 0.255 e. The van der Waals surface area contributed by atoms with Crippen molar-refractivity contribution in [3.8, 4) is 5.75 Å². The highest BCUT2D eigenvalue weighted by atomic mass is 16.5. The fourth-order valence-electron chi connectivity index (χ4n) is 1.42. The maximum atomic E-state index is 11.8. The highest BCUT2D eigenvalue weighted by Crippen LogP contribution is 2.23. The molecule has 79 valence electrons. The average molecular weight is 204 g/mol. The molecule has 0 aliphatic heterocycles. The molecule has 1 aromatic rings. The molecule has 0 unspecified atom stereocenters. The lowest BCUT2D eigenvalue weighted by molar-refractivity contribution is 0.0948. The summed E-state index contributed by atoms with van der Waals surface area (Å²) in [6.45, 7) is 3.80. The molecule has 1 fully saturated rings. The summed E-state index contributed by atoms with van der Waals surface area (Å²) in [7, 11) is 1.56. The average Bonchev–Trinajstić information content (AvgIpc) is 3.01. The summed E-state index contributed by atoms with van der Waals surface area (Å²) in [5, 5.41) is 2.93. The summed E-state index contributed by atoms with van der Waals surface area (Å²) in [6, 6.07) is 5.70. The van der Waals surface area contributed by atoms with E-state index in [9.17, 15) is 4.79 Å². The molecule has 1 radical (unpaired) electrons. The number of nitrogens with one attached hydrogen (secondary N) is 1. The van der Waals surface area contributed by atoms with Crippen LogP contribution in [-0.4, -0.2) is 19.1 Å². The summed E-state index contributed by atoms with van der Waals surface area (Å²) in [5.41, 5.74) is 1.38. The molecule has 1 N–H and O–H groups in total. The summed E-state index contributed by atoms with van der Waals surface area (Å²) >= 11 is 0. The van der Waals surface area contributed by atoms with E-state index in [4.69, 9.17) is 4.74 Å². The minimum absolute atomic E-state index is 0.0696. The summed E-state index contributed by atoms with van der Waals surface area (Å²) in [6.07, 6.45) is 2.16. The molecule has 0 spiro atoms. The smallest absolute Gasteiger partial charge is 0.255 e. The first-order valence-corrected chi connectivity index (χ1v) is 5.01. The van der Waals surface area contributed by atoms with Gasteiger partial charge in [0.1, 0.15) is 5.75 Å². The summed E-state index contributed by atoms with van der Waals surface area (Å²) in [5.74, 6) is 0.528. The van der Waals surface area contributed by atoms with Gasteiger partial charge in [0.15, 0.2) is 0 Å². The third-order valence-corrected chi connectivity index (χ3v) is 2.42. The van der Waals surface area contributed by atoms with Gasteiger partial charge in [0.25, 0.3) is 5.91 Å². The van der Waals surface area contributed by atoms with Crippen molar-refractivity contribution in [2.24, 2.45) is 0 Å². The molecule has 15 heavy (non-hydrogen) atoms. The van der Waals surface area contributed by atoms with Gasteiger partial charge in [0.05, 0.1) is 12.7 Å². The van der Waals surface area contributed by atoms with Gasteiger partial charge in [-0.1, -0.05) is 6.07 Å². The van der Waals surface area contributed by atoms with E-state index < -0.39 is 0 Å². The maximum absolute atomic E-state index is 11.8. The molecular weight excluding hydrogens is 190 g/mol. The van der Waals surface area contributed by atoms with E-state index in [-0.39, 0.29) is 5.91 Å². The van der Waals surface area contributed by atoms with Crippen LogP contribution < -0.4 is 10.1 Å². The second-order valence-electron chi connectivity index (χ2n) is 3.78. The number of hydrogen-bond donors (Lipinski definition) is 1. The van der Waals surface area contributed by atoms with Crippen molar-refractivity contribution in [2.75, 3.05) is 7.11 Å². The Kier molecular flexibility index (Phi) is 2.62. The van der Waals surface area contributed by atoms with E-state index >= 15 is 0 Å². The highest BCUT2D eigenvalue weighted by molar-refractivity contribution is 5.97. The van der Waals surface area contributed by atoms with Crippen LogP contribution >= 0.6 is 0 Å². The van der Waals surface area contributed by atoms with Gasteiger partial charge in [-0.2, -0.15) is 0 Å². The van der Waals surface area contributed by atoms with Crippen LogP contribution in [0.25, 0.3) is 0 Å². The second-order valence-corrected chi connectivity index (χ2v) is 3.78. The standard InChI is InChI=1S/C12H14NO2/c1-8-3-6-11(15-2)10(7-8)12(14)13-9-4-5-9/h3,6-7,9H,1,4-5H2,2H3,(H,13,14). The quantitative estimate of drug-likeness (QED) is 0.814. The van der Waals surface area contributed by atoms with Gasteiger partial charge in [-0.3, -0.25) is 4.79 Å². The fraction of sp³-hybridized carbons (Fsp3) is 0.333. The molecule has 3 heteroatoms. The SMILES string of the molecule is [CH2]c1ccc(OC)c(C(=O)NC2CC2)c1. The zero-order valence-corrected chi connectivity index (χ0v) is 8.75. The van der Waals surface area contributed by atoms with Crippen LogP contribution in [0.2, 0.25) is 0 Å². The number of methoxy groups -OCH3 is 1. The van der Waals surface area contributed by atoms with Crippen molar-refractivity contribution >= 4 is 5.91 Å². The Balaban J connectivity index is 2.23. The predicted octanol–water partition coefficient (Wildman–Crippen LogP) is 1.77. The summed E-state index contributed by atoms with van der Waals surface area (Å²) < 4.78 is 5.13. The van der Waals surface area contributed by atoms with Crippen LogP contribution in [0.4, 0.5) is 0 Å². The van der Waals surface area contributed by atoms with E-state index in [1.54, 1.807) is 19.2 Å².